The van der Waals surface area contributed by atoms with Crippen LogP contribution < -0.4 is 4.74 Å². The average molecular weight is 313 g/mol. The number of halogens is 2. The topological polar surface area (TPSA) is 41.8 Å². The van der Waals surface area contributed by atoms with Crippen molar-refractivity contribution in [1.82, 2.24) is 0 Å². The number of nitrogens with zero attached hydrogens (tertiary/aromatic N) is 1. The number of aromatic hydroxyl groups is 1. The predicted octanol–water partition coefficient (Wildman–Crippen LogP) is 4.90. The molecule has 0 aliphatic rings. The monoisotopic (exact) mass is 313 g/mol. The summed E-state index contributed by atoms with van der Waals surface area (Å²) in [5, 5.41) is 11.9. The number of hydrogen-bond donors (Lipinski definition) is 1. The number of fused-ring (bicyclic) bond motifs is 1. The van der Waals surface area contributed by atoms with E-state index in [1.54, 1.807) is 24.4 Å². The van der Waals surface area contributed by atoms with Crippen LogP contribution in [0, 0.1) is 0 Å². The average Bonchev–Trinajstić information content (AvgIpc) is 2.55. The number of benzene rings is 3. The number of alkyl halides is 2. The van der Waals surface area contributed by atoms with Crippen LogP contribution in [0.5, 0.6) is 11.5 Å². The Morgan fingerprint density at radius 1 is 0.957 bits per heavy atom. The number of phenolic OH excluding ortho intramolecular Hbond substituents is 1. The van der Waals surface area contributed by atoms with Crippen LogP contribution >= 0.6 is 0 Å². The third kappa shape index (κ3) is 3.45. The molecular weight excluding hydrogens is 300 g/mol. The van der Waals surface area contributed by atoms with Crippen molar-refractivity contribution < 1.29 is 18.6 Å². The van der Waals surface area contributed by atoms with Gasteiger partial charge in [0.25, 0.3) is 0 Å². The second-order valence-electron chi connectivity index (χ2n) is 4.85. The number of phenols is 1. The fourth-order valence-corrected chi connectivity index (χ4v) is 2.27. The van der Waals surface area contributed by atoms with E-state index >= 15 is 0 Å². The van der Waals surface area contributed by atoms with Gasteiger partial charge in [-0.1, -0.05) is 30.3 Å². The number of rotatable bonds is 4. The molecule has 0 atom stereocenters. The molecule has 0 aliphatic heterocycles. The Labute approximate surface area is 131 Å². The Balaban J connectivity index is 1.89. The zero-order valence-electron chi connectivity index (χ0n) is 12.0. The van der Waals surface area contributed by atoms with Gasteiger partial charge in [-0.05, 0) is 41.1 Å². The molecule has 3 aromatic carbocycles. The molecule has 116 valence electrons. The molecule has 0 aliphatic carbocycles. The zero-order valence-corrected chi connectivity index (χ0v) is 12.0. The molecule has 0 saturated heterocycles. The molecule has 3 nitrogen and oxygen atoms in total. The van der Waals surface area contributed by atoms with E-state index in [1.165, 1.54) is 12.1 Å². The molecule has 0 spiro atoms. The van der Waals surface area contributed by atoms with Crippen LogP contribution in [0.25, 0.3) is 10.8 Å². The lowest BCUT2D eigenvalue weighted by atomic mass is 10.0. The van der Waals surface area contributed by atoms with Crippen LogP contribution in [0.15, 0.2) is 65.7 Å². The highest BCUT2D eigenvalue weighted by Crippen LogP contribution is 2.26. The van der Waals surface area contributed by atoms with Crippen molar-refractivity contribution in [3.63, 3.8) is 0 Å². The number of aliphatic imine (C=N–C) groups is 1. The van der Waals surface area contributed by atoms with Gasteiger partial charge in [0.05, 0.1) is 5.69 Å². The smallest absolute Gasteiger partial charge is 0.387 e. The molecule has 0 amide bonds. The molecule has 23 heavy (non-hydrogen) atoms. The summed E-state index contributed by atoms with van der Waals surface area (Å²) in [6.45, 7) is -2.85. The van der Waals surface area contributed by atoms with Gasteiger partial charge in [0.15, 0.2) is 0 Å². The molecular formula is C18H13F2NO2. The first-order valence-electron chi connectivity index (χ1n) is 6.93. The summed E-state index contributed by atoms with van der Waals surface area (Å²) < 4.78 is 28.5. The van der Waals surface area contributed by atoms with Gasteiger partial charge in [-0.25, -0.2) is 0 Å². The van der Waals surface area contributed by atoms with E-state index in [0.29, 0.717) is 11.3 Å². The van der Waals surface area contributed by atoms with E-state index in [1.807, 2.05) is 30.3 Å². The second-order valence-corrected chi connectivity index (χ2v) is 4.85. The van der Waals surface area contributed by atoms with Crippen LogP contribution in [0.3, 0.4) is 0 Å². The van der Waals surface area contributed by atoms with Crippen molar-refractivity contribution in [2.24, 2.45) is 4.99 Å². The molecule has 0 saturated carbocycles. The summed E-state index contributed by atoms with van der Waals surface area (Å²) in [6.07, 6.45) is 1.56. The zero-order chi connectivity index (χ0) is 16.2. The van der Waals surface area contributed by atoms with Crippen molar-refractivity contribution >= 4 is 22.7 Å². The van der Waals surface area contributed by atoms with Gasteiger partial charge in [0.2, 0.25) is 0 Å². The molecule has 1 N–H and O–H groups in total. The summed E-state index contributed by atoms with van der Waals surface area (Å²) in [5.41, 5.74) is 1.18. The van der Waals surface area contributed by atoms with E-state index in [9.17, 15) is 13.9 Å². The van der Waals surface area contributed by atoms with Gasteiger partial charge in [-0.15, -0.1) is 0 Å². The highest BCUT2D eigenvalue weighted by atomic mass is 19.3. The number of ether oxygens (including phenoxy) is 1. The van der Waals surface area contributed by atoms with Crippen molar-refractivity contribution in [3.05, 3.63) is 66.2 Å². The van der Waals surface area contributed by atoms with Gasteiger partial charge < -0.3 is 9.84 Å². The first-order chi connectivity index (χ1) is 11.1. The normalized spacial score (nSPS) is 11.4. The molecule has 3 rings (SSSR count). The Bertz CT molecular complexity index is 845. The third-order valence-corrected chi connectivity index (χ3v) is 3.35. The first kappa shape index (κ1) is 15.0. The highest BCUT2D eigenvalue weighted by molar-refractivity contribution is 6.02. The summed E-state index contributed by atoms with van der Waals surface area (Å²) in [7, 11) is 0. The van der Waals surface area contributed by atoms with Crippen LogP contribution in [0.2, 0.25) is 0 Å². The van der Waals surface area contributed by atoms with Crippen molar-refractivity contribution in [2.75, 3.05) is 0 Å². The van der Waals surface area contributed by atoms with E-state index < -0.39 is 6.61 Å². The Morgan fingerprint density at radius 3 is 2.43 bits per heavy atom. The van der Waals surface area contributed by atoms with Crippen LogP contribution in [0.4, 0.5) is 14.5 Å². The first-order valence-corrected chi connectivity index (χ1v) is 6.93. The number of hydrogen-bond acceptors (Lipinski definition) is 3. The largest absolute Gasteiger partial charge is 0.507 e. The molecule has 0 bridgehead atoms. The molecule has 0 radical (unpaired) electrons. The fourth-order valence-electron chi connectivity index (χ4n) is 2.27. The molecule has 0 unspecified atom stereocenters. The Hall–Kier alpha value is -2.95. The minimum absolute atomic E-state index is 0.0759. The van der Waals surface area contributed by atoms with Crippen molar-refractivity contribution in [2.45, 2.75) is 6.61 Å². The molecule has 0 heterocycles. The van der Waals surface area contributed by atoms with Crippen molar-refractivity contribution in [3.8, 4) is 11.5 Å². The molecule has 3 aromatic rings. The highest BCUT2D eigenvalue weighted by Gasteiger charge is 2.05. The van der Waals surface area contributed by atoms with Crippen molar-refractivity contribution in [1.29, 1.82) is 0 Å². The predicted molar refractivity (Wildman–Crippen MR) is 85.9 cm³/mol. The lowest BCUT2D eigenvalue weighted by Gasteiger charge is -2.05. The summed E-state index contributed by atoms with van der Waals surface area (Å²) in [4.78, 5) is 4.28. The maximum atomic E-state index is 12.1. The van der Waals surface area contributed by atoms with E-state index in [-0.39, 0.29) is 11.5 Å². The minimum Gasteiger partial charge on any atom is -0.507 e. The van der Waals surface area contributed by atoms with E-state index in [4.69, 9.17) is 0 Å². The van der Waals surface area contributed by atoms with E-state index in [2.05, 4.69) is 9.73 Å². The minimum atomic E-state index is -2.85. The van der Waals surface area contributed by atoms with Crippen LogP contribution in [-0.2, 0) is 0 Å². The molecule has 0 aromatic heterocycles. The lowest BCUT2D eigenvalue weighted by molar-refractivity contribution is -0.0498. The van der Waals surface area contributed by atoms with Gasteiger partial charge in [-0.3, -0.25) is 4.99 Å². The third-order valence-electron chi connectivity index (χ3n) is 3.35. The van der Waals surface area contributed by atoms with E-state index in [0.717, 1.165) is 10.8 Å². The second kappa shape index (κ2) is 6.44. The van der Waals surface area contributed by atoms with Gasteiger partial charge in [0, 0.05) is 11.8 Å². The molecule has 5 heteroatoms. The lowest BCUT2D eigenvalue weighted by Crippen LogP contribution is -2.01. The Morgan fingerprint density at radius 2 is 1.70 bits per heavy atom. The van der Waals surface area contributed by atoms with Gasteiger partial charge in [0.1, 0.15) is 11.5 Å². The standard InChI is InChI=1S/C18H13F2NO2/c19-18(20)23-14-8-6-13(7-9-14)21-11-16-15-4-2-1-3-12(15)5-10-17(16)22/h1-11,18,22H. The summed E-state index contributed by atoms with van der Waals surface area (Å²) in [6, 6.07) is 17.1. The van der Waals surface area contributed by atoms with Gasteiger partial charge >= 0.3 is 6.61 Å². The molecule has 0 fully saturated rings. The maximum absolute atomic E-state index is 12.1. The fraction of sp³-hybridized carbons (Fsp3) is 0.0556. The maximum Gasteiger partial charge on any atom is 0.387 e. The Kier molecular flexibility index (Phi) is 4.19. The summed E-state index contributed by atoms with van der Waals surface area (Å²) in [5.74, 6) is 0.206. The summed E-state index contributed by atoms with van der Waals surface area (Å²) >= 11 is 0. The SMILES string of the molecule is Oc1ccc2ccccc2c1C=Nc1ccc(OC(F)F)cc1. The van der Waals surface area contributed by atoms with Gasteiger partial charge in [-0.2, -0.15) is 8.78 Å². The quantitative estimate of drug-likeness (QED) is 0.696. The van der Waals surface area contributed by atoms with Crippen LogP contribution in [-0.4, -0.2) is 17.9 Å². The van der Waals surface area contributed by atoms with Crippen LogP contribution in [0.1, 0.15) is 5.56 Å².